The number of carbonyl (C=O) groups excluding carboxylic acids is 1. The van der Waals surface area contributed by atoms with E-state index < -0.39 is 17.1 Å². The molecule has 4 nitrogen and oxygen atoms in total. The van der Waals surface area contributed by atoms with Crippen molar-refractivity contribution in [1.29, 1.82) is 0 Å². The molecule has 2 N–H and O–H groups in total. The van der Waals surface area contributed by atoms with Gasteiger partial charge >= 0.3 is 5.97 Å². The fourth-order valence-electron chi connectivity index (χ4n) is 2.96. The minimum atomic E-state index is -1.13. The molecule has 1 rings (SSSR count). The van der Waals surface area contributed by atoms with Gasteiger partial charge in [-0.1, -0.05) is 13.8 Å². The van der Waals surface area contributed by atoms with E-state index >= 15 is 0 Å². The van der Waals surface area contributed by atoms with Crippen LogP contribution >= 0.6 is 0 Å². The predicted octanol–water partition coefficient (Wildman–Crippen LogP) is 2.12. The molecule has 0 radical (unpaired) electrons. The molecule has 0 amide bonds. The summed E-state index contributed by atoms with van der Waals surface area (Å²) in [5.41, 5.74) is -2.00. The predicted molar refractivity (Wildman–Crippen MR) is 73.5 cm³/mol. The summed E-state index contributed by atoms with van der Waals surface area (Å²) in [4.78, 5) is 12.1. The summed E-state index contributed by atoms with van der Waals surface area (Å²) >= 11 is 0. The quantitative estimate of drug-likeness (QED) is 0.752. The minimum absolute atomic E-state index is 0.0701. The molecule has 19 heavy (non-hydrogen) atoms. The van der Waals surface area contributed by atoms with Gasteiger partial charge in [0.1, 0.15) is 0 Å². The summed E-state index contributed by atoms with van der Waals surface area (Å²) in [6.07, 6.45) is 1.43. The summed E-state index contributed by atoms with van der Waals surface area (Å²) in [6.45, 7) is 9.48. The van der Waals surface area contributed by atoms with Crippen molar-refractivity contribution in [3.05, 3.63) is 0 Å². The smallest absolute Gasteiger partial charge is 0.314 e. The van der Waals surface area contributed by atoms with Gasteiger partial charge in [-0.15, -0.1) is 0 Å². The lowest BCUT2D eigenvalue weighted by Gasteiger charge is -2.38. The number of aliphatic hydroxyl groups is 2. The average molecular weight is 272 g/mol. The number of ether oxygens (including phenoxy) is 1. The molecule has 0 aromatic heterocycles. The SMILES string of the molecule is CCOC(=O)[C@]1(C)CC[C@@H](CC(O)C(C)C)[C@]1(C)O. The second kappa shape index (κ2) is 5.80. The fourth-order valence-corrected chi connectivity index (χ4v) is 2.96. The Bertz CT molecular complexity index is 324. The van der Waals surface area contributed by atoms with E-state index in [-0.39, 0.29) is 17.8 Å². The lowest BCUT2D eigenvalue weighted by atomic mass is 9.72. The topological polar surface area (TPSA) is 66.8 Å². The highest BCUT2D eigenvalue weighted by Crippen LogP contribution is 2.52. The van der Waals surface area contributed by atoms with Crippen molar-refractivity contribution in [1.82, 2.24) is 0 Å². The fraction of sp³-hybridized carbons (Fsp3) is 0.933. The van der Waals surface area contributed by atoms with Gasteiger partial charge in [-0.05, 0) is 51.9 Å². The molecule has 1 unspecified atom stereocenters. The maximum absolute atomic E-state index is 12.1. The molecule has 4 atom stereocenters. The Hall–Kier alpha value is -0.610. The molecule has 0 aliphatic heterocycles. The van der Waals surface area contributed by atoms with Crippen LogP contribution in [0, 0.1) is 17.3 Å². The number of hydrogen-bond acceptors (Lipinski definition) is 4. The molecule has 0 saturated heterocycles. The molecule has 0 aromatic carbocycles. The van der Waals surface area contributed by atoms with Gasteiger partial charge in [-0.3, -0.25) is 4.79 Å². The molecule has 4 heteroatoms. The average Bonchev–Trinajstić information content (AvgIpc) is 2.54. The molecule has 0 spiro atoms. The minimum Gasteiger partial charge on any atom is -0.465 e. The van der Waals surface area contributed by atoms with Crippen LogP contribution in [-0.2, 0) is 9.53 Å². The number of rotatable bonds is 5. The van der Waals surface area contributed by atoms with Crippen LogP contribution in [0.3, 0.4) is 0 Å². The van der Waals surface area contributed by atoms with Crippen molar-refractivity contribution < 1.29 is 19.7 Å². The van der Waals surface area contributed by atoms with E-state index in [1.54, 1.807) is 20.8 Å². The highest BCUT2D eigenvalue weighted by atomic mass is 16.5. The van der Waals surface area contributed by atoms with E-state index in [0.717, 1.165) is 6.42 Å². The Morgan fingerprint density at radius 1 is 1.42 bits per heavy atom. The molecule has 1 fully saturated rings. The van der Waals surface area contributed by atoms with Gasteiger partial charge in [0.2, 0.25) is 0 Å². The number of esters is 1. The molecule has 112 valence electrons. The van der Waals surface area contributed by atoms with E-state index in [9.17, 15) is 15.0 Å². The van der Waals surface area contributed by atoms with Crippen LogP contribution in [0.25, 0.3) is 0 Å². The number of hydrogen-bond donors (Lipinski definition) is 2. The summed E-state index contributed by atoms with van der Waals surface area (Å²) in [6, 6.07) is 0. The van der Waals surface area contributed by atoms with Crippen LogP contribution in [0.4, 0.5) is 0 Å². The number of carbonyl (C=O) groups is 1. The Labute approximate surface area is 116 Å². The zero-order valence-corrected chi connectivity index (χ0v) is 12.8. The normalized spacial score (nSPS) is 36.5. The first kappa shape index (κ1) is 16.4. The van der Waals surface area contributed by atoms with Crippen LogP contribution in [0.1, 0.15) is 53.9 Å². The van der Waals surface area contributed by atoms with Crippen molar-refractivity contribution >= 4 is 5.97 Å². The largest absolute Gasteiger partial charge is 0.465 e. The highest BCUT2D eigenvalue weighted by molar-refractivity contribution is 5.78. The van der Waals surface area contributed by atoms with E-state index in [2.05, 4.69) is 0 Å². The van der Waals surface area contributed by atoms with Crippen LogP contribution in [0.15, 0.2) is 0 Å². The van der Waals surface area contributed by atoms with Gasteiger partial charge in [0.15, 0.2) is 0 Å². The molecule has 1 aliphatic carbocycles. The van der Waals surface area contributed by atoms with Gasteiger partial charge in [-0.2, -0.15) is 0 Å². The second-order valence-electron chi connectivity index (χ2n) is 6.48. The standard InChI is InChI=1S/C15H28O4/c1-6-19-13(17)14(4)8-7-11(15(14,5)18)9-12(16)10(2)3/h10-12,16,18H,6-9H2,1-5H3/t11-,12?,14-,15-/m0/s1. The maximum atomic E-state index is 12.1. The Morgan fingerprint density at radius 3 is 2.47 bits per heavy atom. The molecular formula is C15H28O4. The summed E-state index contributed by atoms with van der Waals surface area (Å²) < 4.78 is 5.10. The zero-order chi connectivity index (χ0) is 14.8. The van der Waals surface area contributed by atoms with Gasteiger partial charge in [0.05, 0.1) is 23.7 Å². The van der Waals surface area contributed by atoms with Crippen molar-refractivity contribution in [2.45, 2.75) is 65.6 Å². The third-order valence-electron chi connectivity index (χ3n) is 4.93. The Morgan fingerprint density at radius 2 is 2.00 bits per heavy atom. The summed E-state index contributed by atoms with van der Waals surface area (Å²) in [5, 5.41) is 20.8. The molecule has 0 bridgehead atoms. The van der Waals surface area contributed by atoms with E-state index in [4.69, 9.17) is 4.74 Å². The van der Waals surface area contributed by atoms with Gasteiger partial charge in [0, 0.05) is 0 Å². The molecule has 1 aliphatic rings. The van der Waals surface area contributed by atoms with Gasteiger partial charge in [0.25, 0.3) is 0 Å². The first-order valence-corrected chi connectivity index (χ1v) is 7.24. The first-order valence-electron chi connectivity index (χ1n) is 7.24. The summed E-state index contributed by atoms with van der Waals surface area (Å²) in [5.74, 6) is -0.244. The van der Waals surface area contributed by atoms with Crippen LogP contribution in [0.2, 0.25) is 0 Å². The highest BCUT2D eigenvalue weighted by Gasteiger charge is 2.59. The van der Waals surface area contributed by atoms with Crippen molar-refractivity contribution in [3.8, 4) is 0 Å². The molecule has 0 heterocycles. The Balaban J connectivity index is 2.84. The first-order chi connectivity index (χ1) is 8.66. The molecule has 0 aromatic rings. The van der Waals surface area contributed by atoms with E-state index in [0.29, 0.717) is 19.4 Å². The van der Waals surface area contributed by atoms with Crippen LogP contribution in [0.5, 0.6) is 0 Å². The lowest BCUT2D eigenvalue weighted by molar-refractivity contribution is -0.171. The van der Waals surface area contributed by atoms with E-state index in [1.165, 1.54) is 0 Å². The lowest BCUT2D eigenvalue weighted by Crippen LogP contribution is -2.50. The van der Waals surface area contributed by atoms with Gasteiger partial charge in [-0.25, -0.2) is 0 Å². The van der Waals surface area contributed by atoms with Crippen LogP contribution in [-0.4, -0.2) is 34.5 Å². The summed E-state index contributed by atoms with van der Waals surface area (Å²) in [7, 11) is 0. The van der Waals surface area contributed by atoms with E-state index in [1.807, 2.05) is 13.8 Å². The maximum Gasteiger partial charge on any atom is 0.314 e. The van der Waals surface area contributed by atoms with Crippen molar-refractivity contribution in [2.24, 2.45) is 17.3 Å². The molecule has 1 saturated carbocycles. The number of aliphatic hydroxyl groups excluding tert-OH is 1. The second-order valence-corrected chi connectivity index (χ2v) is 6.48. The van der Waals surface area contributed by atoms with Crippen molar-refractivity contribution in [2.75, 3.05) is 6.61 Å². The van der Waals surface area contributed by atoms with Crippen molar-refractivity contribution in [3.63, 3.8) is 0 Å². The Kier molecular flexibility index (Phi) is 5.02. The van der Waals surface area contributed by atoms with Gasteiger partial charge < -0.3 is 14.9 Å². The van der Waals surface area contributed by atoms with Crippen LogP contribution < -0.4 is 0 Å². The third-order valence-corrected chi connectivity index (χ3v) is 4.93. The molecular weight excluding hydrogens is 244 g/mol. The zero-order valence-electron chi connectivity index (χ0n) is 12.8. The third kappa shape index (κ3) is 2.95. The monoisotopic (exact) mass is 272 g/mol.